The summed E-state index contributed by atoms with van der Waals surface area (Å²) in [5.74, 6) is 1.41. The fraction of sp³-hybridized carbons (Fsp3) is 0.588. The van der Waals surface area contributed by atoms with Crippen molar-refractivity contribution >= 4 is 5.91 Å². The molecule has 21 heavy (non-hydrogen) atoms. The Labute approximate surface area is 126 Å². The first-order chi connectivity index (χ1) is 10.1. The molecular formula is C17H24N2O2. The summed E-state index contributed by atoms with van der Waals surface area (Å²) >= 11 is 0. The highest BCUT2D eigenvalue weighted by atomic mass is 16.5. The lowest BCUT2D eigenvalue weighted by atomic mass is 9.95. The SMILES string of the molecule is COc1ccc(C(NC(=O)C2(N)CCCC2)C2CC2)cc1. The molecule has 3 rings (SSSR count). The Hall–Kier alpha value is -1.55. The lowest BCUT2D eigenvalue weighted by Gasteiger charge is -2.27. The van der Waals surface area contributed by atoms with Gasteiger partial charge in [0.05, 0.1) is 18.7 Å². The van der Waals surface area contributed by atoms with Gasteiger partial charge in [0.25, 0.3) is 0 Å². The second-order valence-corrected chi connectivity index (χ2v) is 6.42. The van der Waals surface area contributed by atoms with E-state index in [1.807, 2.05) is 24.3 Å². The lowest BCUT2D eigenvalue weighted by Crippen LogP contribution is -2.52. The Bertz CT molecular complexity index is 502. The number of nitrogens with two attached hydrogens (primary N) is 1. The molecule has 4 heteroatoms. The fourth-order valence-corrected chi connectivity index (χ4v) is 3.23. The number of methoxy groups -OCH3 is 1. The zero-order chi connectivity index (χ0) is 14.9. The van der Waals surface area contributed by atoms with Crippen LogP contribution in [-0.4, -0.2) is 18.6 Å². The first-order valence-electron chi connectivity index (χ1n) is 7.86. The van der Waals surface area contributed by atoms with E-state index in [9.17, 15) is 4.79 Å². The molecule has 114 valence electrons. The molecule has 1 amide bonds. The number of hydrogen-bond donors (Lipinski definition) is 2. The molecule has 0 heterocycles. The standard InChI is InChI=1S/C17H24N2O2/c1-21-14-8-6-13(7-9-14)15(12-4-5-12)19-16(20)17(18)10-2-3-11-17/h6-9,12,15H,2-5,10-11,18H2,1H3,(H,19,20). The summed E-state index contributed by atoms with van der Waals surface area (Å²) in [5.41, 5.74) is 6.76. The number of rotatable bonds is 5. The van der Waals surface area contributed by atoms with E-state index >= 15 is 0 Å². The monoisotopic (exact) mass is 288 g/mol. The van der Waals surface area contributed by atoms with Crippen LogP contribution in [0, 0.1) is 5.92 Å². The number of ether oxygens (including phenoxy) is 1. The van der Waals surface area contributed by atoms with Gasteiger partial charge in [-0.25, -0.2) is 0 Å². The van der Waals surface area contributed by atoms with Crippen molar-refractivity contribution in [2.45, 2.75) is 50.1 Å². The van der Waals surface area contributed by atoms with Crippen molar-refractivity contribution in [2.75, 3.05) is 7.11 Å². The normalized spacial score (nSPS) is 21.8. The van der Waals surface area contributed by atoms with Crippen molar-refractivity contribution in [3.63, 3.8) is 0 Å². The summed E-state index contributed by atoms with van der Waals surface area (Å²) in [5, 5.41) is 3.21. The van der Waals surface area contributed by atoms with Crippen LogP contribution in [0.4, 0.5) is 0 Å². The summed E-state index contributed by atoms with van der Waals surface area (Å²) in [6.07, 6.45) is 6.07. The van der Waals surface area contributed by atoms with Gasteiger partial charge in [-0.15, -0.1) is 0 Å². The average molecular weight is 288 g/mol. The molecule has 3 N–H and O–H groups in total. The summed E-state index contributed by atoms with van der Waals surface area (Å²) in [6.45, 7) is 0. The first-order valence-corrected chi connectivity index (χ1v) is 7.86. The van der Waals surface area contributed by atoms with Gasteiger partial charge in [-0.3, -0.25) is 4.79 Å². The number of benzene rings is 1. The second-order valence-electron chi connectivity index (χ2n) is 6.42. The molecule has 1 unspecified atom stereocenters. The van der Waals surface area contributed by atoms with Gasteiger partial charge in [0.15, 0.2) is 0 Å². The lowest BCUT2D eigenvalue weighted by molar-refractivity contribution is -0.127. The summed E-state index contributed by atoms with van der Waals surface area (Å²) in [6, 6.07) is 8.07. The van der Waals surface area contributed by atoms with Gasteiger partial charge in [0.2, 0.25) is 5.91 Å². The Balaban J connectivity index is 1.73. The summed E-state index contributed by atoms with van der Waals surface area (Å²) in [4.78, 5) is 12.5. The molecule has 0 aromatic heterocycles. The van der Waals surface area contributed by atoms with Crippen LogP contribution in [-0.2, 0) is 4.79 Å². The van der Waals surface area contributed by atoms with Crippen molar-refractivity contribution in [1.29, 1.82) is 0 Å². The summed E-state index contributed by atoms with van der Waals surface area (Å²) in [7, 11) is 1.66. The smallest absolute Gasteiger partial charge is 0.240 e. The van der Waals surface area contributed by atoms with Crippen molar-refractivity contribution in [2.24, 2.45) is 11.7 Å². The highest BCUT2D eigenvalue weighted by molar-refractivity contribution is 5.86. The molecule has 2 saturated carbocycles. The van der Waals surface area contributed by atoms with Crippen LogP contribution in [0.5, 0.6) is 5.75 Å². The van der Waals surface area contributed by atoms with Gasteiger partial charge < -0.3 is 15.8 Å². The molecule has 2 aliphatic rings. The Morgan fingerprint density at radius 3 is 2.43 bits per heavy atom. The first kappa shape index (κ1) is 14.4. The summed E-state index contributed by atoms with van der Waals surface area (Å²) < 4.78 is 5.20. The van der Waals surface area contributed by atoms with Crippen LogP contribution < -0.4 is 15.8 Å². The molecule has 1 atom stereocenters. The third kappa shape index (κ3) is 3.05. The maximum Gasteiger partial charge on any atom is 0.240 e. The molecule has 0 saturated heterocycles. The van der Waals surface area contributed by atoms with E-state index in [2.05, 4.69) is 5.32 Å². The molecule has 0 aliphatic heterocycles. The number of nitrogens with one attached hydrogen (secondary N) is 1. The van der Waals surface area contributed by atoms with Crippen LogP contribution >= 0.6 is 0 Å². The van der Waals surface area contributed by atoms with E-state index in [-0.39, 0.29) is 11.9 Å². The number of hydrogen-bond acceptors (Lipinski definition) is 3. The van der Waals surface area contributed by atoms with E-state index in [0.717, 1.165) is 37.0 Å². The number of amides is 1. The minimum absolute atomic E-state index is 0.0210. The predicted octanol–water partition coefficient (Wildman–Crippen LogP) is 2.53. The van der Waals surface area contributed by atoms with Crippen LogP contribution in [0.25, 0.3) is 0 Å². The van der Waals surface area contributed by atoms with E-state index in [0.29, 0.717) is 5.92 Å². The predicted molar refractivity (Wildman–Crippen MR) is 82.0 cm³/mol. The average Bonchev–Trinajstić information content (AvgIpc) is 3.25. The highest BCUT2D eigenvalue weighted by Crippen LogP contribution is 2.42. The minimum atomic E-state index is -0.653. The largest absolute Gasteiger partial charge is 0.497 e. The van der Waals surface area contributed by atoms with Crippen molar-refractivity contribution in [3.8, 4) is 5.75 Å². The van der Waals surface area contributed by atoms with Crippen LogP contribution in [0.3, 0.4) is 0 Å². The van der Waals surface area contributed by atoms with E-state index in [4.69, 9.17) is 10.5 Å². The molecule has 1 aromatic carbocycles. The van der Waals surface area contributed by atoms with Gasteiger partial charge in [-0.2, -0.15) is 0 Å². The number of carbonyl (C=O) groups is 1. The number of carbonyl (C=O) groups excluding carboxylic acids is 1. The molecule has 0 radical (unpaired) electrons. The zero-order valence-corrected chi connectivity index (χ0v) is 12.6. The van der Waals surface area contributed by atoms with Crippen molar-refractivity contribution in [1.82, 2.24) is 5.32 Å². The minimum Gasteiger partial charge on any atom is -0.497 e. The van der Waals surface area contributed by atoms with E-state index < -0.39 is 5.54 Å². The quantitative estimate of drug-likeness (QED) is 0.875. The fourth-order valence-electron chi connectivity index (χ4n) is 3.23. The topological polar surface area (TPSA) is 64.3 Å². The van der Waals surface area contributed by atoms with Gasteiger partial charge in [-0.05, 0) is 49.3 Å². The van der Waals surface area contributed by atoms with Crippen LogP contribution in [0.1, 0.15) is 50.1 Å². The molecule has 2 fully saturated rings. The van der Waals surface area contributed by atoms with Crippen LogP contribution in [0.15, 0.2) is 24.3 Å². The van der Waals surface area contributed by atoms with Gasteiger partial charge in [0.1, 0.15) is 5.75 Å². The highest BCUT2D eigenvalue weighted by Gasteiger charge is 2.41. The molecule has 2 aliphatic carbocycles. The molecule has 0 spiro atoms. The Kier molecular flexibility index (Phi) is 3.89. The van der Waals surface area contributed by atoms with E-state index in [1.54, 1.807) is 7.11 Å². The maximum absolute atomic E-state index is 12.5. The van der Waals surface area contributed by atoms with E-state index in [1.165, 1.54) is 12.8 Å². The van der Waals surface area contributed by atoms with Gasteiger partial charge >= 0.3 is 0 Å². The van der Waals surface area contributed by atoms with Crippen LogP contribution in [0.2, 0.25) is 0 Å². The zero-order valence-electron chi connectivity index (χ0n) is 12.6. The van der Waals surface area contributed by atoms with Gasteiger partial charge in [-0.1, -0.05) is 25.0 Å². The Morgan fingerprint density at radius 2 is 1.90 bits per heavy atom. The third-order valence-corrected chi connectivity index (χ3v) is 4.80. The molecule has 1 aromatic rings. The Morgan fingerprint density at radius 1 is 1.29 bits per heavy atom. The molecule has 4 nitrogen and oxygen atoms in total. The van der Waals surface area contributed by atoms with Gasteiger partial charge in [0, 0.05) is 0 Å². The maximum atomic E-state index is 12.5. The van der Waals surface area contributed by atoms with Crippen molar-refractivity contribution < 1.29 is 9.53 Å². The molecular weight excluding hydrogens is 264 g/mol. The second kappa shape index (κ2) is 5.68. The molecule has 0 bridgehead atoms. The van der Waals surface area contributed by atoms with Crippen molar-refractivity contribution in [3.05, 3.63) is 29.8 Å². The third-order valence-electron chi connectivity index (χ3n) is 4.80.